The van der Waals surface area contributed by atoms with Gasteiger partial charge in [0.1, 0.15) is 18.5 Å². The van der Waals surface area contributed by atoms with E-state index in [0.717, 1.165) is 43.1 Å². The molecule has 0 aromatic heterocycles. The van der Waals surface area contributed by atoms with Gasteiger partial charge in [-0.3, -0.25) is 9.69 Å². The molecule has 0 amide bonds. The van der Waals surface area contributed by atoms with Crippen molar-refractivity contribution in [2.75, 3.05) is 59.1 Å². The van der Waals surface area contributed by atoms with Crippen LogP contribution in [0.25, 0.3) is 0 Å². The van der Waals surface area contributed by atoms with Gasteiger partial charge in [-0.25, -0.2) is 0 Å². The largest absolute Gasteiger partial charge is 0.491 e. The zero-order valence-electron chi connectivity index (χ0n) is 20.1. The van der Waals surface area contributed by atoms with Gasteiger partial charge in [-0.05, 0) is 62.0 Å². The Labute approximate surface area is 193 Å². The second-order valence-corrected chi connectivity index (χ2v) is 9.51. The van der Waals surface area contributed by atoms with Crippen molar-refractivity contribution >= 4 is 5.78 Å². The molecule has 32 heavy (non-hydrogen) atoms. The van der Waals surface area contributed by atoms with E-state index in [1.807, 2.05) is 19.1 Å². The Bertz CT molecular complexity index is 780. The monoisotopic (exact) mass is 444 g/mol. The highest BCUT2D eigenvalue weighted by atomic mass is 16.5. The molecule has 1 N–H and O–H groups in total. The summed E-state index contributed by atoms with van der Waals surface area (Å²) >= 11 is 0. The van der Waals surface area contributed by atoms with E-state index in [4.69, 9.17) is 9.47 Å². The molecule has 0 spiro atoms. The lowest BCUT2D eigenvalue weighted by atomic mass is 9.92. The number of ether oxygens (including phenoxy) is 2. The van der Waals surface area contributed by atoms with E-state index in [1.165, 1.54) is 19.3 Å². The van der Waals surface area contributed by atoms with E-state index in [1.54, 1.807) is 0 Å². The minimum Gasteiger partial charge on any atom is -0.491 e. The van der Waals surface area contributed by atoms with Gasteiger partial charge in [0.2, 0.25) is 0 Å². The van der Waals surface area contributed by atoms with Gasteiger partial charge >= 0.3 is 0 Å². The van der Waals surface area contributed by atoms with Gasteiger partial charge in [-0.1, -0.05) is 26.8 Å². The van der Waals surface area contributed by atoms with Gasteiger partial charge in [0.15, 0.2) is 5.78 Å². The fourth-order valence-electron chi connectivity index (χ4n) is 4.49. The number of ketones is 1. The molecule has 2 aliphatic rings. The van der Waals surface area contributed by atoms with E-state index >= 15 is 0 Å². The number of Topliss-reactive ketones (excluding diaryl/α,β-unsaturated/α-hetero) is 1. The summed E-state index contributed by atoms with van der Waals surface area (Å²) in [5.74, 6) is 0.946. The number of aliphatic hydroxyl groups is 1. The van der Waals surface area contributed by atoms with Crippen LogP contribution in [0.15, 0.2) is 24.3 Å². The molecule has 2 heterocycles. The van der Waals surface area contributed by atoms with Crippen LogP contribution in [-0.4, -0.2) is 85.9 Å². The fourth-order valence-corrected chi connectivity index (χ4v) is 4.49. The van der Waals surface area contributed by atoms with Crippen molar-refractivity contribution in [2.45, 2.75) is 52.1 Å². The lowest BCUT2D eigenvalue weighted by Gasteiger charge is -2.28. The van der Waals surface area contributed by atoms with E-state index in [-0.39, 0.29) is 18.3 Å². The minimum atomic E-state index is -0.525. The summed E-state index contributed by atoms with van der Waals surface area (Å²) in [6.45, 7) is 16.9. The predicted octanol–water partition coefficient (Wildman–Crippen LogP) is 3.42. The van der Waals surface area contributed by atoms with Crippen LogP contribution in [0, 0.1) is 6.92 Å². The number of nitrogens with zero attached hydrogens (tertiary/aromatic N) is 2. The molecule has 1 aromatic rings. The molecule has 6 nitrogen and oxygen atoms in total. The van der Waals surface area contributed by atoms with Crippen LogP contribution >= 0.6 is 0 Å². The van der Waals surface area contributed by atoms with Crippen LogP contribution in [0.3, 0.4) is 0 Å². The normalized spacial score (nSPS) is 19.2. The highest BCUT2D eigenvalue weighted by molar-refractivity contribution is 6.09. The minimum absolute atomic E-state index is 0.00687. The molecule has 1 aromatic carbocycles. The lowest BCUT2D eigenvalue weighted by Crippen LogP contribution is -2.38. The first-order valence-electron chi connectivity index (χ1n) is 12.1. The first kappa shape index (κ1) is 24.9. The number of β-amino-alcohol motifs (C(OH)–C–C–N with tert-alkyl or cyclic N) is 1. The summed E-state index contributed by atoms with van der Waals surface area (Å²) in [7, 11) is 0. The Balaban J connectivity index is 1.65. The smallest absolute Gasteiger partial charge is 0.189 e. The van der Waals surface area contributed by atoms with E-state index in [0.29, 0.717) is 37.4 Å². The Hall–Kier alpha value is -1.73. The van der Waals surface area contributed by atoms with E-state index < -0.39 is 6.10 Å². The zero-order valence-corrected chi connectivity index (χ0v) is 20.1. The summed E-state index contributed by atoms with van der Waals surface area (Å²) in [5, 5.41) is 10.5. The van der Waals surface area contributed by atoms with Gasteiger partial charge in [0.25, 0.3) is 0 Å². The number of morpholine rings is 1. The van der Waals surface area contributed by atoms with Crippen LogP contribution in [0.1, 0.15) is 60.5 Å². The Morgan fingerprint density at radius 3 is 2.47 bits per heavy atom. The average molecular weight is 445 g/mol. The molecule has 178 valence electrons. The number of carbonyl (C=O) groups is 1. The van der Waals surface area contributed by atoms with Gasteiger partial charge in [0, 0.05) is 37.3 Å². The maximum atomic E-state index is 13.2. The average Bonchev–Trinajstić information content (AvgIpc) is 2.78. The molecule has 6 heteroatoms. The molecule has 2 fully saturated rings. The van der Waals surface area contributed by atoms with Crippen LogP contribution in [0.4, 0.5) is 0 Å². The molecule has 0 radical (unpaired) electrons. The SMILES string of the molecule is C=C(CN1CCOCC1)C(=O)c1cc(C(C)C)c(OCC(O)CN2CCCCC2)cc1C. The van der Waals surface area contributed by atoms with Crippen molar-refractivity contribution in [2.24, 2.45) is 0 Å². The number of hydrogen-bond acceptors (Lipinski definition) is 6. The first-order valence-corrected chi connectivity index (χ1v) is 12.1. The molecule has 0 bridgehead atoms. The Morgan fingerprint density at radius 2 is 1.81 bits per heavy atom. The Morgan fingerprint density at radius 1 is 1.12 bits per heavy atom. The summed E-state index contributed by atoms with van der Waals surface area (Å²) in [4.78, 5) is 17.7. The van der Waals surface area contributed by atoms with Crippen LogP contribution < -0.4 is 4.74 Å². The number of aliphatic hydroxyl groups excluding tert-OH is 1. The van der Waals surface area contributed by atoms with E-state index in [9.17, 15) is 9.90 Å². The highest BCUT2D eigenvalue weighted by Gasteiger charge is 2.21. The quantitative estimate of drug-likeness (QED) is 0.441. The number of aryl methyl sites for hydroxylation is 1. The van der Waals surface area contributed by atoms with Crippen molar-refractivity contribution < 1.29 is 19.4 Å². The van der Waals surface area contributed by atoms with Crippen molar-refractivity contribution in [3.8, 4) is 5.75 Å². The molecule has 3 rings (SSSR count). The number of hydrogen-bond donors (Lipinski definition) is 1. The summed E-state index contributed by atoms with van der Waals surface area (Å²) in [6, 6.07) is 3.90. The summed E-state index contributed by atoms with van der Waals surface area (Å²) < 4.78 is 11.5. The molecular weight excluding hydrogens is 404 g/mol. The van der Waals surface area contributed by atoms with E-state index in [2.05, 4.69) is 30.2 Å². The third-order valence-electron chi connectivity index (χ3n) is 6.41. The predicted molar refractivity (Wildman–Crippen MR) is 128 cm³/mol. The number of rotatable bonds is 10. The number of likely N-dealkylation sites (tertiary alicyclic amines) is 1. The van der Waals surface area contributed by atoms with Gasteiger partial charge in [-0.15, -0.1) is 0 Å². The third-order valence-corrected chi connectivity index (χ3v) is 6.41. The zero-order chi connectivity index (χ0) is 23.1. The van der Waals surface area contributed by atoms with Crippen LogP contribution in [0.5, 0.6) is 5.75 Å². The fraction of sp³-hybridized carbons (Fsp3) is 0.654. The van der Waals surface area contributed by atoms with Crippen molar-refractivity contribution in [1.29, 1.82) is 0 Å². The molecule has 2 aliphatic heterocycles. The van der Waals surface area contributed by atoms with Crippen LogP contribution in [0.2, 0.25) is 0 Å². The molecular formula is C26H40N2O4. The maximum Gasteiger partial charge on any atom is 0.189 e. The summed E-state index contributed by atoms with van der Waals surface area (Å²) in [6.07, 6.45) is 3.17. The molecule has 0 aliphatic carbocycles. The van der Waals surface area contributed by atoms with Crippen LogP contribution in [-0.2, 0) is 4.74 Å². The van der Waals surface area contributed by atoms with Crippen molar-refractivity contribution in [3.05, 3.63) is 41.0 Å². The molecule has 0 saturated carbocycles. The molecule has 1 atom stereocenters. The second-order valence-electron chi connectivity index (χ2n) is 9.51. The first-order chi connectivity index (χ1) is 15.3. The van der Waals surface area contributed by atoms with Gasteiger partial charge in [0.05, 0.1) is 13.2 Å². The standard InChI is InChI=1S/C26H40N2O4/c1-19(2)23-15-24(26(30)21(4)16-28-10-12-31-13-11-28)20(3)14-25(23)32-18-22(29)17-27-8-6-5-7-9-27/h14-15,19,22,29H,4-13,16-18H2,1-3H3. The molecule has 2 saturated heterocycles. The summed E-state index contributed by atoms with van der Waals surface area (Å²) in [5.41, 5.74) is 3.16. The van der Waals surface area contributed by atoms with Crippen molar-refractivity contribution in [3.63, 3.8) is 0 Å². The second kappa shape index (κ2) is 11.9. The maximum absolute atomic E-state index is 13.2. The van der Waals surface area contributed by atoms with Gasteiger partial charge < -0.3 is 19.5 Å². The lowest BCUT2D eigenvalue weighted by molar-refractivity contribution is 0.0418. The number of carbonyl (C=O) groups excluding carboxylic acids is 1. The number of piperidine rings is 1. The topological polar surface area (TPSA) is 62.2 Å². The van der Waals surface area contributed by atoms with Gasteiger partial charge in [-0.2, -0.15) is 0 Å². The van der Waals surface area contributed by atoms with Crippen molar-refractivity contribution in [1.82, 2.24) is 9.80 Å². The molecule has 1 unspecified atom stereocenters. The Kier molecular flexibility index (Phi) is 9.29. The third kappa shape index (κ3) is 6.88. The highest BCUT2D eigenvalue weighted by Crippen LogP contribution is 2.31. The number of benzene rings is 1.